The van der Waals surface area contributed by atoms with Gasteiger partial charge in [0, 0.05) is 11.5 Å². The Kier molecular flexibility index (Phi) is 3.82. The second kappa shape index (κ2) is 5.66. The molecule has 0 atom stereocenters. The molecule has 0 aliphatic carbocycles. The molecule has 118 valence electrons. The Hall–Kier alpha value is -2.40. The normalized spacial score (nSPS) is 11.7. The molecule has 0 saturated heterocycles. The highest BCUT2D eigenvalue weighted by molar-refractivity contribution is 7.90. The van der Waals surface area contributed by atoms with Gasteiger partial charge >= 0.3 is 5.63 Å². The lowest BCUT2D eigenvalue weighted by atomic mass is 10.0. The minimum absolute atomic E-state index is 0.235. The van der Waals surface area contributed by atoms with Crippen LogP contribution in [0.5, 0.6) is 0 Å². The van der Waals surface area contributed by atoms with E-state index in [0.29, 0.717) is 16.5 Å². The van der Waals surface area contributed by atoms with Gasteiger partial charge in [-0.05, 0) is 42.7 Å². The van der Waals surface area contributed by atoms with Gasteiger partial charge in [0.05, 0.1) is 10.6 Å². The van der Waals surface area contributed by atoms with Crippen molar-refractivity contribution in [2.75, 3.05) is 0 Å². The van der Waals surface area contributed by atoms with Gasteiger partial charge in [-0.25, -0.2) is 13.2 Å². The van der Waals surface area contributed by atoms with Crippen molar-refractivity contribution in [2.45, 2.75) is 24.5 Å². The van der Waals surface area contributed by atoms with E-state index in [1.165, 1.54) is 6.07 Å². The van der Waals surface area contributed by atoms with Gasteiger partial charge in [-0.1, -0.05) is 30.3 Å². The number of hydrogen-bond donors (Lipinski definition) is 0. The molecular weight excluding hydrogens is 312 g/mol. The van der Waals surface area contributed by atoms with E-state index < -0.39 is 15.5 Å². The number of aryl methyl sites for hydroxylation is 2. The van der Waals surface area contributed by atoms with E-state index in [1.54, 1.807) is 36.4 Å². The molecule has 3 aromatic rings. The molecule has 5 heteroatoms. The molecule has 4 nitrogen and oxygen atoms in total. The van der Waals surface area contributed by atoms with E-state index in [9.17, 15) is 13.2 Å². The van der Waals surface area contributed by atoms with Crippen LogP contribution in [-0.2, 0) is 15.6 Å². The van der Waals surface area contributed by atoms with Gasteiger partial charge in [0.25, 0.3) is 0 Å². The highest BCUT2D eigenvalue weighted by Crippen LogP contribution is 2.26. The van der Waals surface area contributed by atoms with E-state index >= 15 is 0 Å². The van der Waals surface area contributed by atoms with Crippen LogP contribution in [0.25, 0.3) is 11.0 Å². The van der Waals surface area contributed by atoms with E-state index in [1.807, 2.05) is 19.9 Å². The average molecular weight is 328 g/mol. The molecule has 0 fully saturated rings. The molecule has 0 unspecified atom stereocenters. The quantitative estimate of drug-likeness (QED) is 0.691. The van der Waals surface area contributed by atoms with Crippen LogP contribution in [0.15, 0.2) is 62.6 Å². The molecule has 0 bridgehead atoms. The van der Waals surface area contributed by atoms with Crippen LogP contribution in [-0.4, -0.2) is 8.42 Å². The summed E-state index contributed by atoms with van der Waals surface area (Å²) in [4.78, 5) is 12.1. The zero-order valence-corrected chi connectivity index (χ0v) is 13.7. The van der Waals surface area contributed by atoms with Gasteiger partial charge in [-0.3, -0.25) is 0 Å². The van der Waals surface area contributed by atoms with E-state index in [-0.39, 0.29) is 10.6 Å². The van der Waals surface area contributed by atoms with Crippen molar-refractivity contribution in [3.8, 4) is 0 Å². The first-order chi connectivity index (χ1) is 10.9. The molecule has 23 heavy (non-hydrogen) atoms. The fourth-order valence-corrected chi connectivity index (χ4v) is 3.95. The van der Waals surface area contributed by atoms with E-state index in [4.69, 9.17) is 4.42 Å². The molecular formula is C18H16O4S. The Bertz CT molecular complexity index is 1030. The number of hydrogen-bond acceptors (Lipinski definition) is 4. The summed E-state index contributed by atoms with van der Waals surface area (Å²) in [6.07, 6.45) is 0. The van der Waals surface area contributed by atoms with Crippen LogP contribution in [0, 0.1) is 13.8 Å². The molecule has 0 amide bonds. The molecule has 0 aliphatic rings. The molecule has 3 rings (SSSR count). The van der Waals surface area contributed by atoms with Crippen LogP contribution >= 0.6 is 0 Å². The van der Waals surface area contributed by atoms with Crippen molar-refractivity contribution in [3.63, 3.8) is 0 Å². The van der Waals surface area contributed by atoms with Crippen LogP contribution in [0.4, 0.5) is 0 Å². The largest absolute Gasteiger partial charge is 0.422 e. The van der Waals surface area contributed by atoms with Crippen molar-refractivity contribution in [3.05, 3.63) is 75.6 Å². The van der Waals surface area contributed by atoms with Gasteiger partial charge in [0.15, 0.2) is 9.84 Å². The highest BCUT2D eigenvalue weighted by Gasteiger charge is 2.18. The molecule has 1 aromatic heterocycles. The fourth-order valence-electron chi connectivity index (χ4n) is 2.56. The van der Waals surface area contributed by atoms with Crippen molar-refractivity contribution >= 4 is 20.8 Å². The summed E-state index contributed by atoms with van der Waals surface area (Å²) in [6.45, 7) is 3.78. The van der Waals surface area contributed by atoms with Crippen LogP contribution in [0.2, 0.25) is 0 Å². The summed E-state index contributed by atoms with van der Waals surface area (Å²) in [6, 6.07) is 13.2. The topological polar surface area (TPSA) is 64.3 Å². The molecule has 1 heterocycles. The van der Waals surface area contributed by atoms with Crippen LogP contribution in [0.3, 0.4) is 0 Å². The fraction of sp³-hybridized carbons (Fsp3) is 0.167. The lowest BCUT2D eigenvalue weighted by molar-refractivity contribution is 0.556. The Labute approximate surface area is 134 Å². The first-order valence-electron chi connectivity index (χ1n) is 7.19. The predicted octanol–water partition coefficient (Wildman–Crippen LogP) is 3.38. The number of sulfone groups is 1. The zero-order valence-electron chi connectivity index (χ0n) is 12.9. The second-order valence-corrected chi connectivity index (χ2v) is 7.54. The molecule has 0 N–H and O–H groups in total. The summed E-state index contributed by atoms with van der Waals surface area (Å²) < 4.78 is 30.4. The summed E-state index contributed by atoms with van der Waals surface area (Å²) in [5, 5.41) is 0.659. The van der Waals surface area contributed by atoms with Crippen LogP contribution < -0.4 is 5.63 Å². The third-order valence-electron chi connectivity index (χ3n) is 3.97. The third kappa shape index (κ3) is 2.92. The first kappa shape index (κ1) is 15.5. The number of benzene rings is 2. The van der Waals surface area contributed by atoms with Crippen molar-refractivity contribution in [1.29, 1.82) is 0 Å². The molecule has 0 radical (unpaired) electrons. The lowest BCUT2D eigenvalue weighted by Crippen LogP contribution is -2.09. The van der Waals surface area contributed by atoms with E-state index in [2.05, 4.69) is 0 Å². The number of rotatable bonds is 3. The summed E-state index contributed by atoms with van der Waals surface area (Å²) in [5.41, 5.74) is 2.21. The molecule has 0 spiro atoms. The predicted molar refractivity (Wildman–Crippen MR) is 89.3 cm³/mol. The molecule has 0 aliphatic heterocycles. The minimum Gasteiger partial charge on any atom is -0.422 e. The van der Waals surface area contributed by atoms with Crippen LogP contribution in [0.1, 0.15) is 16.7 Å². The SMILES string of the molecule is Cc1ccc2c(CS(=O)(=O)c3ccccc3)cc(=O)oc2c1C. The first-order valence-corrected chi connectivity index (χ1v) is 8.84. The van der Waals surface area contributed by atoms with E-state index in [0.717, 1.165) is 11.1 Å². The monoisotopic (exact) mass is 328 g/mol. The highest BCUT2D eigenvalue weighted by atomic mass is 32.2. The van der Waals surface area contributed by atoms with Gasteiger partial charge < -0.3 is 4.42 Å². The lowest BCUT2D eigenvalue weighted by Gasteiger charge is -2.09. The van der Waals surface area contributed by atoms with Gasteiger partial charge in [-0.15, -0.1) is 0 Å². The maximum absolute atomic E-state index is 12.6. The Morgan fingerprint density at radius 3 is 2.39 bits per heavy atom. The Morgan fingerprint density at radius 2 is 1.70 bits per heavy atom. The summed E-state index contributed by atoms with van der Waals surface area (Å²) >= 11 is 0. The molecule has 0 saturated carbocycles. The van der Waals surface area contributed by atoms with Gasteiger partial charge in [0.2, 0.25) is 0 Å². The standard InChI is InChI=1S/C18H16O4S/c1-12-8-9-16-14(10-17(19)22-18(16)13(12)2)11-23(20,21)15-6-4-3-5-7-15/h3-10H,11H2,1-2H3. The smallest absolute Gasteiger partial charge is 0.336 e. The average Bonchev–Trinajstić information content (AvgIpc) is 2.52. The van der Waals surface area contributed by atoms with Gasteiger partial charge in [-0.2, -0.15) is 0 Å². The summed E-state index contributed by atoms with van der Waals surface area (Å²) in [5.74, 6) is -0.235. The zero-order chi connectivity index (χ0) is 16.6. The second-order valence-electron chi connectivity index (χ2n) is 5.55. The number of fused-ring (bicyclic) bond motifs is 1. The Balaban J connectivity index is 2.18. The van der Waals surface area contributed by atoms with Crippen molar-refractivity contribution in [1.82, 2.24) is 0 Å². The minimum atomic E-state index is -3.53. The third-order valence-corrected chi connectivity index (χ3v) is 5.65. The Morgan fingerprint density at radius 1 is 1.00 bits per heavy atom. The molecule has 2 aromatic carbocycles. The van der Waals surface area contributed by atoms with Crippen molar-refractivity contribution < 1.29 is 12.8 Å². The van der Waals surface area contributed by atoms with Crippen molar-refractivity contribution in [2.24, 2.45) is 0 Å². The maximum Gasteiger partial charge on any atom is 0.336 e. The summed E-state index contributed by atoms with van der Waals surface area (Å²) in [7, 11) is -3.53. The van der Waals surface area contributed by atoms with Gasteiger partial charge in [0.1, 0.15) is 5.58 Å². The maximum atomic E-state index is 12.6.